The highest BCUT2D eigenvalue weighted by Gasteiger charge is 2.34. The number of nitrogens with zero attached hydrogens (tertiary/aromatic N) is 2. The molecule has 1 fully saturated rings. The summed E-state index contributed by atoms with van der Waals surface area (Å²) in [5.74, 6) is 0.0633. The van der Waals surface area contributed by atoms with Gasteiger partial charge in [0.2, 0.25) is 5.91 Å². The fourth-order valence-electron chi connectivity index (χ4n) is 3.07. The van der Waals surface area contributed by atoms with Crippen LogP contribution in [0.5, 0.6) is 0 Å². The maximum Gasteiger partial charge on any atom is 0.250 e. The van der Waals surface area contributed by atoms with E-state index in [1.165, 1.54) is 10.6 Å². The third kappa shape index (κ3) is 4.08. The van der Waals surface area contributed by atoms with Gasteiger partial charge in [-0.15, -0.1) is 0 Å². The molecule has 3 rings (SSSR count). The molecule has 1 aliphatic rings. The van der Waals surface area contributed by atoms with Gasteiger partial charge in [0.1, 0.15) is 6.54 Å². The van der Waals surface area contributed by atoms with E-state index in [4.69, 9.17) is 0 Å². The van der Waals surface area contributed by atoms with E-state index < -0.39 is 0 Å². The van der Waals surface area contributed by atoms with Crippen LogP contribution in [0, 0.1) is 5.92 Å². The third-order valence-corrected chi connectivity index (χ3v) is 4.48. The van der Waals surface area contributed by atoms with E-state index in [0.717, 1.165) is 5.56 Å². The molecule has 6 nitrogen and oxygen atoms in total. The molecule has 0 spiro atoms. The first-order chi connectivity index (χ1) is 11.6. The van der Waals surface area contributed by atoms with Crippen LogP contribution in [0.25, 0.3) is 0 Å². The van der Waals surface area contributed by atoms with Crippen molar-refractivity contribution >= 4 is 5.91 Å². The second-order valence-electron chi connectivity index (χ2n) is 6.29. The molecule has 0 bridgehead atoms. The normalized spacial score (nSPS) is 20.9. The number of hydrogen-bond acceptors (Lipinski definition) is 4. The highest BCUT2D eigenvalue weighted by molar-refractivity contribution is 5.76. The first kappa shape index (κ1) is 16.4. The summed E-state index contributed by atoms with van der Waals surface area (Å²) in [5.41, 5.74) is 0.894. The molecule has 126 valence electrons. The van der Waals surface area contributed by atoms with Gasteiger partial charge in [-0.05, 0) is 48.9 Å². The molecule has 1 saturated carbocycles. The maximum atomic E-state index is 12.3. The van der Waals surface area contributed by atoms with Gasteiger partial charge in [-0.1, -0.05) is 6.07 Å². The lowest BCUT2D eigenvalue weighted by atomic mass is 9.75. The summed E-state index contributed by atoms with van der Waals surface area (Å²) in [5, 5.41) is 12.6. The van der Waals surface area contributed by atoms with Crippen molar-refractivity contribution < 1.29 is 9.90 Å². The van der Waals surface area contributed by atoms with E-state index in [1.807, 2.05) is 12.1 Å². The van der Waals surface area contributed by atoms with E-state index in [1.54, 1.807) is 30.7 Å². The number of rotatable bonds is 6. The minimum Gasteiger partial charge on any atom is -0.393 e. The van der Waals surface area contributed by atoms with Crippen molar-refractivity contribution in [2.75, 3.05) is 0 Å². The lowest BCUT2D eigenvalue weighted by molar-refractivity contribution is -0.123. The summed E-state index contributed by atoms with van der Waals surface area (Å²) in [6.07, 6.45) is 6.87. The molecule has 24 heavy (non-hydrogen) atoms. The Morgan fingerprint density at radius 3 is 2.71 bits per heavy atom. The monoisotopic (exact) mass is 327 g/mol. The average molecular weight is 327 g/mol. The molecule has 0 saturated heterocycles. The SMILES string of the molecule is O=C(Cn1ccccc1=O)N[C@H](Cc1ccncc1)C1CC(O)C1. The van der Waals surface area contributed by atoms with Crippen molar-refractivity contribution in [2.45, 2.75) is 38.0 Å². The summed E-state index contributed by atoms with van der Waals surface area (Å²) < 4.78 is 1.38. The van der Waals surface area contributed by atoms with E-state index in [0.29, 0.717) is 19.3 Å². The predicted molar refractivity (Wildman–Crippen MR) is 89.3 cm³/mol. The summed E-state index contributed by atoms with van der Waals surface area (Å²) >= 11 is 0. The van der Waals surface area contributed by atoms with Gasteiger partial charge in [0, 0.05) is 30.7 Å². The van der Waals surface area contributed by atoms with Crippen molar-refractivity contribution in [3.8, 4) is 0 Å². The van der Waals surface area contributed by atoms with Gasteiger partial charge < -0.3 is 15.0 Å². The molecule has 0 aromatic carbocycles. The van der Waals surface area contributed by atoms with Gasteiger partial charge in [0.25, 0.3) is 5.56 Å². The van der Waals surface area contributed by atoms with E-state index in [9.17, 15) is 14.7 Å². The van der Waals surface area contributed by atoms with Crippen molar-refractivity contribution in [2.24, 2.45) is 5.92 Å². The Morgan fingerprint density at radius 2 is 2.04 bits per heavy atom. The number of aliphatic hydroxyl groups excluding tert-OH is 1. The second-order valence-corrected chi connectivity index (χ2v) is 6.29. The topological polar surface area (TPSA) is 84.2 Å². The van der Waals surface area contributed by atoms with Crippen molar-refractivity contribution in [3.05, 3.63) is 64.8 Å². The van der Waals surface area contributed by atoms with Gasteiger partial charge in [0.15, 0.2) is 0 Å². The molecule has 1 aliphatic carbocycles. The van der Waals surface area contributed by atoms with Crippen molar-refractivity contribution in [1.82, 2.24) is 14.9 Å². The Hall–Kier alpha value is -2.47. The molecule has 2 aromatic rings. The molecular weight excluding hydrogens is 306 g/mol. The van der Waals surface area contributed by atoms with Crippen LogP contribution in [0.15, 0.2) is 53.7 Å². The fourth-order valence-corrected chi connectivity index (χ4v) is 3.07. The van der Waals surface area contributed by atoms with Crippen LogP contribution in [0.4, 0.5) is 0 Å². The predicted octanol–water partition coefficient (Wildman–Crippen LogP) is 0.742. The first-order valence-electron chi connectivity index (χ1n) is 8.13. The second kappa shape index (κ2) is 7.40. The van der Waals surface area contributed by atoms with E-state index in [-0.39, 0.29) is 36.1 Å². The van der Waals surface area contributed by atoms with Gasteiger partial charge in [-0.25, -0.2) is 0 Å². The molecule has 1 atom stereocenters. The zero-order valence-electron chi connectivity index (χ0n) is 13.3. The Labute approximate surface area is 140 Å². The number of hydrogen-bond donors (Lipinski definition) is 2. The zero-order valence-corrected chi connectivity index (χ0v) is 13.3. The lowest BCUT2D eigenvalue weighted by Gasteiger charge is -2.38. The number of pyridine rings is 2. The van der Waals surface area contributed by atoms with Gasteiger partial charge >= 0.3 is 0 Å². The molecular formula is C18H21N3O3. The van der Waals surface area contributed by atoms with Crippen LogP contribution >= 0.6 is 0 Å². The fraction of sp³-hybridized carbons (Fsp3) is 0.389. The summed E-state index contributed by atoms with van der Waals surface area (Å²) in [7, 11) is 0. The minimum absolute atomic E-state index is 0.00178. The first-order valence-corrected chi connectivity index (χ1v) is 8.13. The molecule has 6 heteroatoms. The van der Waals surface area contributed by atoms with Crippen LogP contribution in [0.3, 0.4) is 0 Å². The smallest absolute Gasteiger partial charge is 0.250 e. The van der Waals surface area contributed by atoms with Crippen LogP contribution in [-0.2, 0) is 17.8 Å². The number of carbonyl (C=O) groups excluding carboxylic acids is 1. The van der Waals surface area contributed by atoms with E-state index in [2.05, 4.69) is 10.3 Å². The Morgan fingerprint density at radius 1 is 1.29 bits per heavy atom. The molecule has 0 radical (unpaired) electrons. The minimum atomic E-state index is -0.274. The highest BCUT2D eigenvalue weighted by atomic mass is 16.3. The van der Waals surface area contributed by atoms with Gasteiger partial charge in [0.05, 0.1) is 6.10 Å². The van der Waals surface area contributed by atoms with Crippen molar-refractivity contribution in [1.29, 1.82) is 0 Å². The third-order valence-electron chi connectivity index (χ3n) is 4.48. The van der Waals surface area contributed by atoms with Crippen molar-refractivity contribution in [3.63, 3.8) is 0 Å². The van der Waals surface area contributed by atoms with Crippen LogP contribution in [0.2, 0.25) is 0 Å². The highest BCUT2D eigenvalue weighted by Crippen LogP contribution is 2.31. The molecule has 0 unspecified atom stereocenters. The molecule has 2 heterocycles. The summed E-state index contributed by atoms with van der Waals surface area (Å²) in [4.78, 5) is 28.1. The summed E-state index contributed by atoms with van der Waals surface area (Å²) in [6.45, 7) is 0.00178. The Kier molecular flexibility index (Phi) is 5.05. The number of nitrogens with one attached hydrogen (secondary N) is 1. The molecule has 2 aromatic heterocycles. The quantitative estimate of drug-likeness (QED) is 0.820. The summed E-state index contributed by atoms with van der Waals surface area (Å²) in [6, 6.07) is 8.61. The van der Waals surface area contributed by atoms with Crippen LogP contribution in [0.1, 0.15) is 18.4 Å². The Balaban J connectivity index is 1.66. The lowest BCUT2D eigenvalue weighted by Crippen LogP contribution is -2.49. The van der Waals surface area contributed by atoms with Crippen LogP contribution in [-0.4, -0.2) is 32.7 Å². The number of aliphatic hydroxyl groups is 1. The largest absolute Gasteiger partial charge is 0.393 e. The average Bonchev–Trinajstić information content (AvgIpc) is 2.54. The molecule has 0 aliphatic heterocycles. The number of amides is 1. The Bertz CT molecular complexity index is 738. The van der Waals surface area contributed by atoms with Gasteiger partial charge in [-0.2, -0.15) is 0 Å². The number of carbonyl (C=O) groups is 1. The maximum absolute atomic E-state index is 12.3. The van der Waals surface area contributed by atoms with Gasteiger partial charge in [-0.3, -0.25) is 14.6 Å². The molecule has 1 amide bonds. The number of aromatic nitrogens is 2. The zero-order chi connectivity index (χ0) is 16.9. The standard InChI is InChI=1S/C18H21N3O3/c22-15-10-14(11-15)16(9-13-4-6-19-7-5-13)20-17(23)12-21-8-2-1-3-18(21)24/h1-8,14-16,22H,9-12H2,(H,20,23)/t14?,15?,16-/m1/s1. The van der Waals surface area contributed by atoms with E-state index >= 15 is 0 Å². The van der Waals surface area contributed by atoms with Crippen LogP contribution < -0.4 is 10.9 Å². The molecule has 2 N–H and O–H groups in total.